The second-order valence-electron chi connectivity index (χ2n) is 4.88. The molecule has 1 N–H and O–H groups in total. The number of hydrogen-bond donors (Lipinski definition) is 1. The number of aromatic nitrogens is 1. The van der Waals surface area contributed by atoms with Gasteiger partial charge in [0.15, 0.2) is 0 Å². The summed E-state index contributed by atoms with van der Waals surface area (Å²) < 4.78 is 5.58. The van der Waals surface area contributed by atoms with Gasteiger partial charge in [-0.2, -0.15) is 0 Å². The van der Waals surface area contributed by atoms with Crippen LogP contribution in [0.2, 0.25) is 0 Å². The fourth-order valence-electron chi connectivity index (χ4n) is 2.62. The molecule has 1 aromatic rings. The van der Waals surface area contributed by atoms with Crippen LogP contribution in [0.1, 0.15) is 67.3 Å². The largest absolute Gasteiger partial charge is 0.374 e. The maximum absolute atomic E-state index is 5.58. The molecular weight excluding hydrogens is 244 g/mol. The van der Waals surface area contributed by atoms with Crippen LogP contribution in [0, 0.1) is 0 Å². The topological polar surface area (TPSA) is 34.1 Å². The molecule has 1 heterocycles. The summed E-state index contributed by atoms with van der Waals surface area (Å²) in [4.78, 5) is 6.28. The van der Waals surface area contributed by atoms with Gasteiger partial charge >= 0.3 is 0 Å². The summed E-state index contributed by atoms with van der Waals surface area (Å²) in [5, 5.41) is 4.75. The number of hydrogen-bond acceptors (Lipinski definition) is 4. The Hall–Kier alpha value is -0.450. The molecule has 1 aliphatic carbocycles. The van der Waals surface area contributed by atoms with Gasteiger partial charge in [0.2, 0.25) is 0 Å². The minimum absolute atomic E-state index is 0.188. The smallest absolute Gasteiger partial charge is 0.122 e. The standard InChI is InChI=1S/C14H24N2OS/c1-4-7-12(17-3)14-16-11-9-6-8-10(15-5-2)13(11)18-14/h10,12,15H,4-9H2,1-3H3. The summed E-state index contributed by atoms with van der Waals surface area (Å²) >= 11 is 1.86. The monoisotopic (exact) mass is 268 g/mol. The molecule has 1 aliphatic rings. The van der Waals surface area contributed by atoms with E-state index >= 15 is 0 Å². The first kappa shape index (κ1) is 14.0. The van der Waals surface area contributed by atoms with E-state index in [1.54, 1.807) is 7.11 Å². The van der Waals surface area contributed by atoms with E-state index in [-0.39, 0.29) is 6.10 Å². The molecule has 0 bridgehead atoms. The Kier molecular flexibility index (Phi) is 5.15. The number of thiazole rings is 1. The molecule has 2 rings (SSSR count). The summed E-state index contributed by atoms with van der Waals surface area (Å²) in [6.07, 6.45) is 6.02. The first-order valence-electron chi connectivity index (χ1n) is 7.05. The molecule has 0 radical (unpaired) electrons. The zero-order valence-corrected chi connectivity index (χ0v) is 12.5. The van der Waals surface area contributed by atoms with Gasteiger partial charge in [0.1, 0.15) is 11.1 Å². The first-order chi connectivity index (χ1) is 8.80. The van der Waals surface area contributed by atoms with Crippen LogP contribution in [0.5, 0.6) is 0 Å². The highest BCUT2D eigenvalue weighted by Crippen LogP contribution is 2.37. The van der Waals surface area contributed by atoms with Crippen molar-refractivity contribution in [1.29, 1.82) is 0 Å². The van der Waals surface area contributed by atoms with Crippen LogP contribution in [-0.2, 0) is 11.2 Å². The van der Waals surface area contributed by atoms with E-state index in [4.69, 9.17) is 9.72 Å². The number of nitrogens with one attached hydrogen (secondary N) is 1. The second kappa shape index (κ2) is 6.64. The Morgan fingerprint density at radius 1 is 1.50 bits per heavy atom. The Morgan fingerprint density at radius 2 is 2.33 bits per heavy atom. The van der Waals surface area contributed by atoms with Crippen molar-refractivity contribution in [2.45, 2.75) is 58.1 Å². The van der Waals surface area contributed by atoms with E-state index in [9.17, 15) is 0 Å². The Labute approximate surface area is 114 Å². The van der Waals surface area contributed by atoms with Crippen LogP contribution in [-0.4, -0.2) is 18.6 Å². The average molecular weight is 268 g/mol. The predicted octanol–water partition coefficient (Wildman–Crippen LogP) is 3.62. The van der Waals surface area contributed by atoms with Crippen LogP contribution in [0.15, 0.2) is 0 Å². The molecule has 2 unspecified atom stereocenters. The van der Waals surface area contributed by atoms with Gasteiger partial charge in [0.25, 0.3) is 0 Å². The van der Waals surface area contributed by atoms with Gasteiger partial charge in [-0.15, -0.1) is 11.3 Å². The van der Waals surface area contributed by atoms with E-state index in [0.717, 1.165) is 25.8 Å². The molecule has 18 heavy (non-hydrogen) atoms. The van der Waals surface area contributed by atoms with Crippen LogP contribution in [0.25, 0.3) is 0 Å². The van der Waals surface area contributed by atoms with Crippen molar-refractivity contribution < 1.29 is 4.74 Å². The van der Waals surface area contributed by atoms with E-state index in [1.807, 2.05) is 11.3 Å². The minimum atomic E-state index is 0.188. The molecule has 102 valence electrons. The van der Waals surface area contributed by atoms with Crippen molar-refractivity contribution in [3.63, 3.8) is 0 Å². The minimum Gasteiger partial charge on any atom is -0.374 e. The van der Waals surface area contributed by atoms with Gasteiger partial charge in [-0.25, -0.2) is 4.98 Å². The highest BCUT2D eigenvalue weighted by molar-refractivity contribution is 7.11. The van der Waals surface area contributed by atoms with Crippen molar-refractivity contribution in [1.82, 2.24) is 10.3 Å². The summed E-state index contributed by atoms with van der Waals surface area (Å²) in [5.74, 6) is 0. The molecule has 4 heteroatoms. The Bertz CT molecular complexity index is 378. The first-order valence-corrected chi connectivity index (χ1v) is 7.87. The van der Waals surface area contributed by atoms with Crippen molar-refractivity contribution in [3.05, 3.63) is 15.6 Å². The van der Waals surface area contributed by atoms with Crippen molar-refractivity contribution in [2.75, 3.05) is 13.7 Å². The van der Waals surface area contributed by atoms with Crippen molar-refractivity contribution in [2.24, 2.45) is 0 Å². The molecule has 0 aromatic carbocycles. The quantitative estimate of drug-likeness (QED) is 0.855. The lowest BCUT2D eigenvalue weighted by Gasteiger charge is -2.21. The second-order valence-corrected chi connectivity index (χ2v) is 5.94. The lowest BCUT2D eigenvalue weighted by molar-refractivity contribution is 0.0946. The third-order valence-corrected chi connectivity index (χ3v) is 4.83. The van der Waals surface area contributed by atoms with Crippen molar-refractivity contribution in [3.8, 4) is 0 Å². The third kappa shape index (κ3) is 2.92. The zero-order chi connectivity index (χ0) is 13.0. The van der Waals surface area contributed by atoms with E-state index in [2.05, 4.69) is 19.2 Å². The van der Waals surface area contributed by atoms with E-state index in [0.29, 0.717) is 6.04 Å². The molecule has 0 aliphatic heterocycles. The van der Waals surface area contributed by atoms with Gasteiger partial charge in [-0.1, -0.05) is 20.3 Å². The lowest BCUT2D eigenvalue weighted by Crippen LogP contribution is -2.23. The molecule has 0 amide bonds. The Morgan fingerprint density at radius 3 is 3.00 bits per heavy atom. The van der Waals surface area contributed by atoms with Gasteiger partial charge in [0, 0.05) is 18.0 Å². The van der Waals surface area contributed by atoms with E-state index in [1.165, 1.54) is 28.4 Å². The van der Waals surface area contributed by atoms with Crippen LogP contribution in [0.3, 0.4) is 0 Å². The number of methoxy groups -OCH3 is 1. The number of aryl methyl sites for hydroxylation is 1. The van der Waals surface area contributed by atoms with E-state index < -0.39 is 0 Å². The van der Waals surface area contributed by atoms with Gasteiger partial charge in [0.05, 0.1) is 5.69 Å². The normalized spacial score (nSPS) is 20.7. The van der Waals surface area contributed by atoms with Crippen LogP contribution in [0.4, 0.5) is 0 Å². The summed E-state index contributed by atoms with van der Waals surface area (Å²) in [6.45, 7) is 5.40. The Balaban J connectivity index is 2.20. The number of ether oxygens (including phenoxy) is 1. The lowest BCUT2D eigenvalue weighted by atomic mass is 9.98. The molecule has 2 atom stereocenters. The van der Waals surface area contributed by atoms with Crippen LogP contribution < -0.4 is 5.32 Å². The number of fused-ring (bicyclic) bond motifs is 1. The van der Waals surface area contributed by atoms with Gasteiger partial charge in [-0.05, 0) is 32.2 Å². The summed E-state index contributed by atoms with van der Waals surface area (Å²) in [7, 11) is 1.79. The molecule has 0 saturated heterocycles. The molecule has 0 saturated carbocycles. The highest BCUT2D eigenvalue weighted by atomic mass is 32.1. The number of nitrogens with zero attached hydrogens (tertiary/aromatic N) is 1. The highest BCUT2D eigenvalue weighted by Gasteiger charge is 2.26. The van der Waals surface area contributed by atoms with Gasteiger partial charge < -0.3 is 10.1 Å². The van der Waals surface area contributed by atoms with Crippen molar-refractivity contribution >= 4 is 11.3 Å². The SMILES string of the molecule is CCCC(OC)c1nc2c(s1)C(NCC)CCC2. The average Bonchev–Trinajstić information content (AvgIpc) is 2.81. The fraction of sp³-hybridized carbons (Fsp3) is 0.786. The van der Waals surface area contributed by atoms with Gasteiger partial charge in [-0.3, -0.25) is 0 Å². The molecule has 1 aromatic heterocycles. The summed E-state index contributed by atoms with van der Waals surface area (Å²) in [5.41, 5.74) is 1.31. The number of rotatable bonds is 6. The zero-order valence-electron chi connectivity index (χ0n) is 11.7. The predicted molar refractivity (Wildman–Crippen MR) is 76.1 cm³/mol. The molecular formula is C14H24N2OS. The van der Waals surface area contributed by atoms with Crippen LogP contribution >= 0.6 is 11.3 Å². The third-order valence-electron chi connectivity index (χ3n) is 3.53. The maximum atomic E-state index is 5.58. The fourth-order valence-corrected chi connectivity index (χ4v) is 3.96. The molecule has 0 fully saturated rings. The molecule has 0 spiro atoms. The summed E-state index contributed by atoms with van der Waals surface area (Å²) in [6, 6.07) is 0.518. The maximum Gasteiger partial charge on any atom is 0.122 e. The molecule has 3 nitrogen and oxygen atoms in total.